The van der Waals surface area contributed by atoms with Crippen molar-refractivity contribution in [3.63, 3.8) is 0 Å². The van der Waals surface area contributed by atoms with E-state index in [9.17, 15) is 9.59 Å². The minimum absolute atomic E-state index is 0.0288. The van der Waals surface area contributed by atoms with E-state index in [-0.39, 0.29) is 24.5 Å². The van der Waals surface area contributed by atoms with Gasteiger partial charge in [-0.1, -0.05) is 13.8 Å². The van der Waals surface area contributed by atoms with E-state index in [4.69, 9.17) is 9.47 Å². The van der Waals surface area contributed by atoms with Gasteiger partial charge in [0.15, 0.2) is 11.5 Å². The van der Waals surface area contributed by atoms with Crippen LogP contribution in [0, 0.1) is 5.92 Å². The first-order valence-corrected chi connectivity index (χ1v) is 8.08. The fourth-order valence-corrected chi connectivity index (χ4v) is 2.83. The van der Waals surface area contributed by atoms with Crippen molar-refractivity contribution in [1.29, 1.82) is 0 Å². The highest BCUT2D eigenvalue weighted by Gasteiger charge is 2.27. The summed E-state index contributed by atoms with van der Waals surface area (Å²) in [5.41, 5.74) is 0.593. The van der Waals surface area contributed by atoms with Gasteiger partial charge in [0, 0.05) is 37.7 Å². The van der Waals surface area contributed by atoms with Gasteiger partial charge in [0.2, 0.25) is 12.7 Å². The molecule has 1 atom stereocenters. The molecule has 1 aromatic carbocycles. The van der Waals surface area contributed by atoms with E-state index in [1.165, 1.54) is 0 Å². The Morgan fingerprint density at radius 3 is 2.43 bits per heavy atom. The summed E-state index contributed by atoms with van der Waals surface area (Å²) in [6.45, 7) is 6.49. The Balaban J connectivity index is 1.61. The summed E-state index contributed by atoms with van der Waals surface area (Å²) in [6.07, 6.45) is 0.842. The average molecular weight is 318 g/mol. The fraction of sp³-hybridized carbons (Fsp3) is 0.529. The van der Waals surface area contributed by atoms with Gasteiger partial charge in [-0.05, 0) is 24.6 Å². The molecule has 23 heavy (non-hydrogen) atoms. The number of benzene rings is 1. The number of piperazine rings is 1. The maximum Gasteiger partial charge on any atom is 0.254 e. The first-order chi connectivity index (χ1) is 11.1. The molecule has 124 valence electrons. The molecule has 0 aliphatic carbocycles. The maximum atomic E-state index is 12.6. The van der Waals surface area contributed by atoms with Crippen LogP contribution < -0.4 is 9.47 Å². The lowest BCUT2D eigenvalue weighted by Crippen LogP contribution is -2.51. The van der Waals surface area contributed by atoms with E-state index in [1.807, 2.05) is 18.7 Å². The number of amides is 2. The molecule has 1 fully saturated rings. The van der Waals surface area contributed by atoms with E-state index in [0.29, 0.717) is 43.2 Å². The SMILES string of the molecule is CC[C@H](C)C(=O)N1CCN(C(=O)c2ccc3c(c2)OCO3)CC1. The molecule has 0 spiro atoms. The molecule has 0 unspecified atom stereocenters. The minimum Gasteiger partial charge on any atom is -0.454 e. The van der Waals surface area contributed by atoms with Crippen LogP contribution in [0.5, 0.6) is 11.5 Å². The molecule has 6 heteroatoms. The largest absolute Gasteiger partial charge is 0.454 e. The molecule has 0 bridgehead atoms. The van der Waals surface area contributed by atoms with E-state index < -0.39 is 0 Å². The zero-order valence-corrected chi connectivity index (χ0v) is 13.6. The third kappa shape index (κ3) is 3.11. The van der Waals surface area contributed by atoms with Crippen LogP contribution in [0.25, 0.3) is 0 Å². The van der Waals surface area contributed by atoms with Gasteiger partial charge in [-0.15, -0.1) is 0 Å². The van der Waals surface area contributed by atoms with Crippen LogP contribution in [-0.4, -0.2) is 54.6 Å². The molecular formula is C17H22N2O4. The number of fused-ring (bicyclic) bond motifs is 1. The van der Waals surface area contributed by atoms with Crippen molar-refractivity contribution < 1.29 is 19.1 Å². The fourth-order valence-electron chi connectivity index (χ4n) is 2.83. The van der Waals surface area contributed by atoms with E-state index in [0.717, 1.165) is 6.42 Å². The monoisotopic (exact) mass is 318 g/mol. The Kier molecular flexibility index (Phi) is 4.41. The molecule has 2 amide bonds. The second-order valence-electron chi connectivity index (χ2n) is 5.99. The Hall–Kier alpha value is -2.24. The second-order valence-corrected chi connectivity index (χ2v) is 5.99. The molecule has 0 aromatic heterocycles. The lowest BCUT2D eigenvalue weighted by Gasteiger charge is -2.36. The van der Waals surface area contributed by atoms with Crippen molar-refractivity contribution in [2.24, 2.45) is 5.92 Å². The van der Waals surface area contributed by atoms with Gasteiger partial charge < -0.3 is 19.3 Å². The molecule has 1 saturated heterocycles. The van der Waals surface area contributed by atoms with Crippen molar-refractivity contribution in [2.75, 3.05) is 33.0 Å². The van der Waals surface area contributed by atoms with E-state index >= 15 is 0 Å². The van der Waals surface area contributed by atoms with Crippen molar-refractivity contribution in [3.05, 3.63) is 23.8 Å². The van der Waals surface area contributed by atoms with Gasteiger partial charge in [-0.25, -0.2) is 0 Å². The van der Waals surface area contributed by atoms with Crippen LogP contribution in [0.4, 0.5) is 0 Å². The van der Waals surface area contributed by atoms with Gasteiger partial charge in [-0.2, -0.15) is 0 Å². The quantitative estimate of drug-likeness (QED) is 0.852. The number of carbonyl (C=O) groups is 2. The van der Waals surface area contributed by atoms with E-state index in [2.05, 4.69) is 0 Å². The molecule has 3 rings (SSSR count). The lowest BCUT2D eigenvalue weighted by atomic mass is 10.1. The third-order valence-corrected chi connectivity index (χ3v) is 4.53. The first kappa shape index (κ1) is 15.6. The van der Waals surface area contributed by atoms with Gasteiger partial charge in [0.25, 0.3) is 5.91 Å². The number of rotatable bonds is 3. The summed E-state index contributed by atoms with van der Waals surface area (Å²) in [6, 6.07) is 5.24. The Bertz CT molecular complexity index is 609. The molecule has 2 aliphatic heterocycles. The van der Waals surface area contributed by atoms with Gasteiger partial charge in [0.05, 0.1) is 0 Å². The predicted molar refractivity (Wildman–Crippen MR) is 84.5 cm³/mol. The molecule has 6 nitrogen and oxygen atoms in total. The summed E-state index contributed by atoms with van der Waals surface area (Å²) in [7, 11) is 0. The summed E-state index contributed by atoms with van der Waals surface area (Å²) in [5.74, 6) is 1.49. The summed E-state index contributed by atoms with van der Waals surface area (Å²) in [5, 5.41) is 0. The molecule has 0 N–H and O–H groups in total. The minimum atomic E-state index is -0.0288. The van der Waals surface area contributed by atoms with Gasteiger partial charge in [0.1, 0.15) is 0 Å². The zero-order valence-electron chi connectivity index (χ0n) is 13.6. The normalized spacial score (nSPS) is 18.0. The first-order valence-electron chi connectivity index (χ1n) is 8.08. The summed E-state index contributed by atoms with van der Waals surface area (Å²) < 4.78 is 10.6. The number of nitrogens with zero attached hydrogens (tertiary/aromatic N) is 2. The van der Waals surface area contributed by atoms with Crippen molar-refractivity contribution in [2.45, 2.75) is 20.3 Å². The van der Waals surface area contributed by atoms with Crippen molar-refractivity contribution in [3.8, 4) is 11.5 Å². The number of ether oxygens (including phenoxy) is 2. The molecular weight excluding hydrogens is 296 g/mol. The predicted octanol–water partition coefficient (Wildman–Crippen LogP) is 1.75. The van der Waals surface area contributed by atoms with Gasteiger partial charge >= 0.3 is 0 Å². The Morgan fingerprint density at radius 2 is 1.74 bits per heavy atom. The number of hydrogen-bond donors (Lipinski definition) is 0. The molecule has 2 aliphatic rings. The summed E-state index contributed by atoms with van der Waals surface area (Å²) >= 11 is 0. The highest BCUT2D eigenvalue weighted by atomic mass is 16.7. The van der Waals surface area contributed by atoms with Crippen LogP contribution in [0.1, 0.15) is 30.6 Å². The zero-order chi connectivity index (χ0) is 16.4. The standard InChI is InChI=1S/C17H22N2O4/c1-3-12(2)16(20)18-6-8-19(9-7-18)17(21)13-4-5-14-15(10-13)23-11-22-14/h4-5,10,12H,3,6-9,11H2,1-2H3/t12-/m0/s1. The molecule has 0 radical (unpaired) electrons. The molecule has 2 heterocycles. The maximum absolute atomic E-state index is 12.6. The van der Waals surface area contributed by atoms with E-state index in [1.54, 1.807) is 23.1 Å². The van der Waals surface area contributed by atoms with Gasteiger partial charge in [-0.3, -0.25) is 9.59 Å². The van der Waals surface area contributed by atoms with Crippen LogP contribution >= 0.6 is 0 Å². The van der Waals surface area contributed by atoms with Crippen LogP contribution in [-0.2, 0) is 4.79 Å². The second kappa shape index (κ2) is 6.48. The van der Waals surface area contributed by atoms with Crippen LogP contribution in [0.15, 0.2) is 18.2 Å². The Morgan fingerprint density at radius 1 is 1.09 bits per heavy atom. The Labute approximate surface area is 136 Å². The third-order valence-electron chi connectivity index (χ3n) is 4.53. The molecule has 1 aromatic rings. The lowest BCUT2D eigenvalue weighted by molar-refractivity contribution is -0.136. The highest BCUT2D eigenvalue weighted by Crippen LogP contribution is 2.32. The highest BCUT2D eigenvalue weighted by molar-refractivity contribution is 5.95. The topological polar surface area (TPSA) is 59.1 Å². The van der Waals surface area contributed by atoms with Crippen molar-refractivity contribution >= 4 is 11.8 Å². The summed E-state index contributed by atoms with van der Waals surface area (Å²) in [4.78, 5) is 28.4. The smallest absolute Gasteiger partial charge is 0.254 e. The number of hydrogen-bond acceptors (Lipinski definition) is 4. The average Bonchev–Trinajstić information content (AvgIpc) is 3.07. The van der Waals surface area contributed by atoms with Crippen molar-refractivity contribution in [1.82, 2.24) is 9.80 Å². The van der Waals surface area contributed by atoms with Crippen LogP contribution in [0.3, 0.4) is 0 Å². The molecule has 0 saturated carbocycles. The number of carbonyl (C=O) groups excluding carboxylic acids is 2. The van der Waals surface area contributed by atoms with Crippen LogP contribution in [0.2, 0.25) is 0 Å².